The molecule has 0 saturated heterocycles. The molecule has 0 fully saturated rings. The fourth-order valence-corrected chi connectivity index (χ4v) is 0.275. The normalized spacial score (nSPS) is 11.1. The van der Waals surface area contributed by atoms with Crippen LogP contribution in [-0.2, 0) is 4.84 Å². The Morgan fingerprint density at radius 3 is 2.30 bits per heavy atom. The fourth-order valence-electron chi connectivity index (χ4n) is 0.275. The van der Waals surface area contributed by atoms with Crippen LogP contribution >= 0.6 is 24.8 Å². The third-order valence-corrected chi connectivity index (χ3v) is 0.616. The van der Waals surface area contributed by atoms with Crippen LogP contribution in [0, 0.1) is 0 Å². The summed E-state index contributed by atoms with van der Waals surface area (Å²) in [6, 6.07) is 0. The van der Waals surface area contributed by atoms with Crippen LogP contribution in [-0.4, -0.2) is 29.6 Å². The average Bonchev–Trinajstić information content (AvgIpc) is 1.68. The molecule has 0 aromatic heterocycles. The molecule has 66 valence electrons. The van der Waals surface area contributed by atoms with Gasteiger partial charge in [0.05, 0.1) is 12.7 Å². The number of hydrogen-bond acceptors (Lipinski definition) is 5. The van der Waals surface area contributed by atoms with Crippen molar-refractivity contribution in [3.63, 3.8) is 0 Å². The second-order valence-corrected chi connectivity index (χ2v) is 1.35. The van der Waals surface area contributed by atoms with Crippen LogP contribution in [0.3, 0.4) is 0 Å². The molecule has 1 unspecified atom stereocenters. The van der Waals surface area contributed by atoms with Gasteiger partial charge in [-0.15, -0.1) is 24.8 Å². The average molecular weight is 195 g/mol. The number of hydrogen-bond donors (Lipinski definition) is 4. The van der Waals surface area contributed by atoms with E-state index < -0.39 is 6.10 Å². The molecule has 0 spiro atoms. The van der Waals surface area contributed by atoms with E-state index >= 15 is 0 Å². The summed E-state index contributed by atoms with van der Waals surface area (Å²) in [4.78, 5) is 4.06. The standard InChI is InChI=1S/C3H10N2O3.2ClH/c4-8-2-3(6)1-5-7;;/h3,5-7H,1-2,4H2;2*1H. The topological polar surface area (TPSA) is 87.7 Å². The van der Waals surface area contributed by atoms with Gasteiger partial charge >= 0.3 is 0 Å². The van der Waals surface area contributed by atoms with Gasteiger partial charge in [0.15, 0.2) is 0 Å². The summed E-state index contributed by atoms with van der Waals surface area (Å²) < 4.78 is 0. The van der Waals surface area contributed by atoms with Gasteiger partial charge in [-0.1, -0.05) is 0 Å². The molecule has 0 aromatic rings. The Labute approximate surface area is 71.3 Å². The van der Waals surface area contributed by atoms with Crippen LogP contribution in [0.4, 0.5) is 0 Å². The Balaban J connectivity index is -0.000000245. The van der Waals surface area contributed by atoms with Gasteiger partial charge in [0.1, 0.15) is 0 Å². The van der Waals surface area contributed by atoms with Crippen LogP contribution in [0.15, 0.2) is 0 Å². The summed E-state index contributed by atoms with van der Waals surface area (Å²) in [5.74, 6) is 4.59. The Hall–Kier alpha value is 0.380. The summed E-state index contributed by atoms with van der Waals surface area (Å²) in [5, 5.41) is 16.6. The van der Waals surface area contributed by atoms with E-state index in [1.165, 1.54) is 0 Å². The van der Waals surface area contributed by atoms with E-state index in [4.69, 9.17) is 10.3 Å². The second kappa shape index (κ2) is 12.1. The number of aliphatic hydroxyl groups excluding tert-OH is 1. The molecule has 0 bridgehead atoms. The quantitative estimate of drug-likeness (QED) is 0.435. The molecule has 0 rings (SSSR count). The van der Waals surface area contributed by atoms with Crippen molar-refractivity contribution in [3.05, 3.63) is 0 Å². The van der Waals surface area contributed by atoms with Crippen molar-refractivity contribution in [1.82, 2.24) is 5.48 Å². The number of nitrogens with one attached hydrogen (secondary N) is 1. The van der Waals surface area contributed by atoms with Gasteiger partial charge in [0, 0.05) is 6.54 Å². The lowest BCUT2D eigenvalue weighted by Crippen LogP contribution is -2.29. The lowest BCUT2D eigenvalue weighted by atomic mass is 10.4. The first-order chi connectivity index (χ1) is 3.81. The third kappa shape index (κ3) is 11.2. The highest BCUT2D eigenvalue weighted by Gasteiger charge is 1.99. The van der Waals surface area contributed by atoms with Gasteiger partial charge < -0.3 is 15.2 Å². The van der Waals surface area contributed by atoms with E-state index in [9.17, 15) is 0 Å². The summed E-state index contributed by atoms with van der Waals surface area (Å²) >= 11 is 0. The predicted octanol–water partition coefficient (Wildman–Crippen LogP) is -0.940. The van der Waals surface area contributed by atoms with Crippen molar-refractivity contribution >= 4 is 24.8 Å². The number of rotatable bonds is 4. The maximum Gasteiger partial charge on any atom is 0.0952 e. The monoisotopic (exact) mass is 194 g/mol. The zero-order chi connectivity index (χ0) is 6.41. The molecule has 0 aliphatic carbocycles. The lowest BCUT2D eigenvalue weighted by Gasteiger charge is -2.04. The van der Waals surface area contributed by atoms with E-state index in [-0.39, 0.29) is 38.0 Å². The zero-order valence-electron chi connectivity index (χ0n) is 5.19. The molecule has 0 aliphatic rings. The zero-order valence-corrected chi connectivity index (χ0v) is 6.82. The number of halogens is 2. The number of nitrogens with two attached hydrogens (primary N) is 1. The third-order valence-electron chi connectivity index (χ3n) is 0.616. The van der Waals surface area contributed by atoms with Crippen molar-refractivity contribution in [2.75, 3.05) is 13.2 Å². The number of aliphatic hydroxyl groups is 1. The summed E-state index contributed by atoms with van der Waals surface area (Å²) in [6.07, 6.45) is -0.745. The Morgan fingerprint density at radius 2 is 2.00 bits per heavy atom. The minimum atomic E-state index is -0.745. The van der Waals surface area contributed by atoms with Gasteiger partial charge in [-0.25, -0.2) is 11.4 Å². The molecule has 7 heteroatoms. The van der Waals surface area contributed by atoms with Crippen molar-refractivity contribution < 1.29 is 15.2 Å². The minimum Gasteiger partial charge on any atom is -0.389 e. The van der Waals surface area contributed by atoms with Crippen LogP contribution in [0.5, 0.6) is 0 Å². The van der Waals surface area contributed by atoms with E-state index in [0.717, 1.165) is 0 Å². The summed E-state index contributed by atoms with van der Waals surface area (Å²) in [7, 11) is 0. The molecule has 0 saturated carbocycles. The predicted molar refractivity (Wildman–Crippen MR) is 40.4 cm³/mol. The Kier molecular flexibility index (Phi) is 20.3. The van der Waals surface area contributed by atoms with Crippen molar-refractivity contribution in [2.24, 2.45) is 5.90 Å². The van der Waals surface area contributed by atoms with Crippen LogP contribution in [0.1, 0.15) is 0 Å². The molecule has 0 heterocycles. The number of hydroxylamine groups is 1. The minimum absolute atomic E-state index is 0. The molecule has 1 atom stereocenters. The van der Waals surface area contributed by atoms with Crippen LogP contribution in [0.25, 0.3) is 0 Å². The maximum atomic E-state index is 8.62. The molecule has 10 heavy (non-hydrogen) atoms. The molecular weight excluding hydrogens is 183 g/mol. The van der Waals surface area contributed by atoms with Crippen molar-refractivity contribution in [2.45, 2.75) is 6.10 Å². The molecule has 0 aliphatic heterocycles. The molecule has 0 radical (unpaired) electrons. The van der Waals surface area contributed by atoms with Gasteiger partial charge in [0.2, 0.25) is 0 Å². The summed E-state index contributed by atoms with van der Waals surface area (Å²) in [6.45, 7) is 0.0881. The first kappa shape index (κ1) is 16.8. The van der Waals surface area contributed by atoms with Crippen LogP contribution in [0.2, 0.25) is 0 Å². The molecule has 5 nitrogen and oxygen atoms in total. The molecular formula is C3H12Cl2N2O3. The first-order valence-electron chi connectivity index (χ1n) is 2.18. The van der Waals surface area contributed by atoms with Gasteiger partial charge in [-0.2, -0.15) is 0 Å². The van der Waals surface area contributed by atoms with E-state index in [1.807, 2.05) is 0 Å². The van der Waals surface area contributed by atoms with Gasteiger partial charge in [0.25, 0.3) is 0 Å². The maximum absolute atomic E-state index is 8.62. The van der Waals surface area contributed by atoms with Crippen LogP contribution < -0.4 is 11.4 Å². The van der Waals surface area contributed by atoms with Gasteiger partial charge in [-0.3, -0.25) is 0 Å². The smallest absolute Gasteiger partial charge is 0.0952 e. The highest BCUT2D eigenvalue weighted by molar-refractivity contribution is 5.85. The highest BCUT2D eigenvalue weighted by Crippen LogP contribution is 1.76. The first-order valence-corrected chi connectivity index (χ1v) is 2.18. The van der Waals surface area contributed by atoms with Crippen molar-refractivity contribution in [1.29, 1.82) is 0 Å². The van der Waals surface area contributed by atoms with E-state index in [2.05, 4.69) is 10.7 Å². The second-order valence-electron chi connectivity index (χ2n) is 1.35. The molecule has 0 aromatic carbocycles. The summed E-state index contributed by atoms with van der Waals surface area (Å²) in [5.41, 5.74) is 1.77. The van der Waals surface area contributed by atoms with Crippen molar-refractivity contribution in [3.8, 4) is 0 Å². The Bertz CT molecular complexity index is 53.0. The lowest BCUT2D eigenvalue weighted by molar-refractivity contribution is 0.0152. The fraction of sp³-hybridized carbons (Fsp3) is 1.00. The molecule has 0 amide bonds. The highest BCUT2D eigenvalue weighted by atomic mass is 35.5. The van der Waals surface area contributed by atoms with E-state index in [1.54, 1.807) is 5.48 Å². The van der Waals surface area contributed by atoms with Gasteiger partial charge in [-0.05, 0) is 0 Å². The SMILES string of the molecule is Cl.Cl.NOCC(O)CNO. The largest absolute Gasteiger partial charge is 0.389 e. The Morgan fingerprint density at radius 1 is 1.50 bits per heavy atom. The van der Waals surface area contributed by atoms with E-state index in [0.29, 0.717) is 0 Å². The molecule has 5 N–H and O–H groups in total.